The minimum atomic E-state index is 0.399. The Bertz CT molecular complexity index is 384. The molecule has 2 rings (SSSR count). The predicted octanol–water partition coefficient (Wildman–Crippen LogP) is 2.28. The lowest BCUT2D eigenvalue weighted by Crippen LogP contribution is -2.07. The highest BCUT2D eigenvalue weighted by Crippen LogP contribution is 2.36. The molecule has 0 saturated heterocycles. The van der Waals surface area contributed by atoms with Gasteiger partial charge >= 0.3 is 0 Å². The Hall–Kier alpha value is -1.09. The standard InChI is InChI=1S/C9H10ClN3/c1-5-2-3-6(5)8-9(11)12-4-7(10)13-8/h4H,2-3H2,1H3,(H2,11,12). The van der Waals surface area contributed by atoms with Crippen LogP contribution < -0.4 is 5.73 Å². The molecule has 13 heavy (non-hydrogen) atoms. The topological polar surface area (TPSA) is 51.8 Å². The lowest BCUT2D eigenvalue weighted by molar-refractivity contribution is 0.890. The quantitative estimate of drug-likeness (QED) is 0.748. The molecule has 0 saturated carbocycles. The first-order chi connectivity index (χ1) is 6.18. The Morgan fingerprint density at radius 2 is 2.23 bits per heavy atom. The molecule has 3 nitrogen and oxygen atoms in total. The summed E-state index contributed by atoms with van der Waals surface area (Å²) in [5.41, 5.74) is 8.99. The van der Waals surface area contributed by atoms with Crippen LogP contribution >= 0.6 is 11.6 Å². The van der Waals surface area contributed by atoms with Crippen molar-refractivity contribution in [2.24, 2.45) is 0 Å². The first kappa shape index (κ1) is 8.51. The SMILES string of the molecule is CC1=C(c2nc(Cl)cnc2N)CC1. The molecule has 0 bridgehead atoms. The van der Waals surface area contributed by atoms with Gasteiger partial charge in [0.2, 0.25) is 0 Å². The molecule has 2 N–H and O–H groups in total. The molecule has 1 aromatic heterocycles. The van der Waals surface area contributed by atoms with Gasteiger partial charge in [0.15, 0.2) is 0 Å². The summed E-state index contributed by atoms with van der Waals surface area (Å²) in [6.07, 6.45) is 3.63. The maximum Gasteiger partial charge on any atom is 0.149 e. The van der Waals surface area contributed by atoms with Crippen molar-refractivity contribution in [1.29, 1.82) is 0 Å². The van der Waals surface area contributed by atoms with E-state index in [0.29, 0.717) is 11.0 Å². The molecule has 0 fully saturated rings. The molecule has 0 amide bonds. The van der Waals surface area contributed by atoms with Gasteiger partial charge in [-0.1, -0.05) is 17.2 Å². The van der Waals surface area contributed by atoms with Crippen molar-refractivity contribution in [2.75, 3.05) is 5.73 Å². The molecule has 68 valence electrons. The third-order valence-corrected chi connectivity index (χ3v) is 2.50. The zero-order valence-electron chi connectivity index (χ0n) is 7.34. The Morgan fingerprint density at radius 1 is 1.46 bits per heavy atom. The zero-order chi connectivity index (χ0) is 9.42. The zero-order valence-corrected chi connectivity index (χ0v) is 8.10. The van der Waals surface area contributed by atoms with Gasteiger partial charge in [0.1, 0.15) is 16.7 Å². The van der Waals surface area contributed by atoms with Crippen LogP contribution in [0.5, 0.6) is 0 Å². The van der Waals surface area contributed by atoms with E-state index in [2.05, 4.69) is 16.9 Å². The average Bonchev–Trinajstić information content (AvgIpc) is 2.09. The number of nitrogens with zero attached hydrogens (tertiary/aromatic N) is 2. The highest BCUT2D eigenvalue weighted by molar-refractivity contribution is 6.29. The first-order valence-electron chi connectivity index (χ1n) is 4.15. The van der Waals surface area contributed by atoms with Gasteiger partial charge in [0.25, 0.3) is 0 Å². The lowest BCUT2D eigenvalue weighted by atomic mass is 9.87. The molecular weight excluding hydrogens is 186 g/mol. The van der Waals surface area contributed by atoms with Crippen LogP contribution in [-0.4, -0.2) is 9.97 Å². The summed E-state index contributed by atoms with van der Waals surface area (Å²) < 4.78 is 0. The summed E-state index contributed by atoms with van der Waals surface area (Å²) in [5.74, 6) is 0.471. The van der Waals surface area contributed by atoms with E-state index in [-0.39, 0.29) is 0 Å². The molecule has 0 aliphatic heterocycles. The van der Waals surface area contributed by atoms with Gasteiger partial charge in [0, 0.05) is 0 Å². The Morgan fingerprint density at radius 3 is 2.77 bits per heavy atom. The van der Waals surface area contributed by atoms with Crippen LogP contribution in [0, 0.1) is 0 Å². The van der Waals surface area contributed by atoms with Crippen LogP contribution in [0.25, 0.3) is 5.57 Å². The molecule has 1 aromatic rings. The van der Waals surface area contributed by atoms with Crippen LogP contribution in [0.15, 0.2) is 11.8 Å². The summed E-state index contributed by atoms with van der Waals surface area (Å²) in [6.45, 7) is 2.08. The molecule has 1 aliphatic carbocycles. The van der Waals surface area contributed by atoms with Gasteiger partial charge in [-0.05, 0) is 25.3 Å². The van der Waals surface area contributed by atoms with Crippen LogP contribution in [-0.2, 0) is 0 Å². The molecule has 1 aliphatic rings. The number of allylic oxidation sites excluding steroid dienone is 2. The number of rotatable bonds is 1. The highest BCUT2D eigenvalue weighted by Gasteiger charge is 2.19. The Balaban J connectivity index is 2.51. The smallest absolute Gasteiger partial charge is 0.149 e. The van der Waals surface area contributed by atoms with Crippen LogP contribution in [0.1, 0.15) is 25.5 Å². The third-order valence-electron chi connectivity index (χ3n) is 2.32. The van der Waals surface area contributed by atoms with Crippen LogP contribution in [0.2, 0.25) is 5.15 Å². The number of nitrogens with two attached hydrogens (primary N) is 1. The van der Waals surface area contributed by atoms with E-state index in [1.165, 1.54) is 17.3 Å². The molecule has 0 unspecified atom stereocenters. The monoisotopic (exact) mass is 195 g/mol. The molecule has 0 aromatic carbocycles. The van der Waals surface area contributed by atoms with E-state index in [9.17, 15) is 0 Å². The number of halogens is 1. The van der Waals surface area contributed by atoms with Crippen LogP contribution in [0.4, 0.5) is 5.82 Å². The normalized spacial score (nSPS) is 15.8. The van der Waals surface area contributed by atoms with E-state index in [1.54, 1.807) is 0 Å². The van der Waals surface area contributed by atoms with E-state index in [1.807, 2.05) is 0 Å². The maximum atomic E-state index is 5.74. The Kier molecular flexibility index (Phi) is 1.96. The number of aromatic nitrogens is 2. The second-order valence-corrected chi connectivity index (χ2v) is 3.57. The fourth-order valence-electron chi connectivity index (χ4n) is 1.42. The fourth-order valence-corrected chi connectivity index (χ4v) is 1.55. The number of nitrogen functional groups attached to an aromatic ring is 1. The lowest BCUT2D eigenvalue weighted by Gasteiger charge is -2.20. The molecular formula is C9H10ClN3. The van der Waals surface area contributed by atoms with E-state index >= 15 is 0 Å². The minimum Gasteiger partial charge on any atom is -0.382 e. The second-order valence-electron chi connectivity index (χ2n) is 3.19. The van der Waals surface area contributed by atoms with Gasteiger partial charge in [-0.2, -0.15) is 0 Å². The molecule has 4 heteroatoms. The number of anilines is 1. The summed E-state index contributed by atoms with van der Waals surface area (Å²) in [7, 11) is 0. The molecule has 1 heterocycles. The van der Waals surface area contributed by atoms with Crippen molar-refractivity contribution in [1.82, 2.24) is 9.97 Å². The van der Waals surface area contributed by atoms with Crippen molar-refractivity contribution < 1.29 is 0 Å². The van der Waals surface area contributed by atoms with E-state index < -0.39 is 0 Å². The van der Waals surface area contributed by atoms with Crippen molar-refractivity contribution in [3.63, 3.8) is 0 Å². The summed E-state index contributed by atoms with van der Waals surface area (Å²) in [6, 6.07) is 0. The van der Waals surface area contributed by atoms with E-state index in [0.717, 1.165) is 18.5 Å². The minimum absolute atomic E-state index is 0.399. The fraction of sp³-hybridized carbons (Fsp3) is 0.333. The highest BCUT2D eigenvalue weighted by atomic mass is 35.5. The van der Waals surface area contributed by atoms with Crippen molar-refractivity contribution in [3.05, 3.63) is 22.6 Å². The number of hydrogen-bond acceptors (Lipinski definition) is 3. The predicted molar refractivity (Wildman–Crippen MR) is 53.3 cm³/mol. The summed E-state index contributed by atoms with van der Waals surface area (Å²) in [5, 5.41) is 0.399. The number of hydrogen-bond donors (Lipinski definition) is 1. The third kappa shape index (κ3) is 1.40. The Labute approximate surface area is 81.6 Å². The second kappa shape index (κ2) is 3.00. The first-order valence-corrected chi connectivity index (χ1v) is 4.53. The van der Waals surface area contributed by atoms with E-state index in [4.69, 9.17) is 17.3 Å². The van der Waals surface area contributed by atoms with Gasteiger partial charge in [0.05, 0.1) is 6.20 Å². The van der Waals surface area contributed by atoms with Crippen molar-refractivity contribution >= 4 is 23.0 Å². The molecule has 0 spiro atoms. The summed E-state index contributed by atoms with van der Waals surface area (Å²) >= 11 is 5.74. The van der Waals surface area contributed by atoms with Crippen molar-refractivity contribution in [3.8, 4) is 0 Å². The van der Waals surface area contributed by atoms with Gasteiger partial charge in [-0.3, -0.25) is 0 Å². The van der Waals surface area contributed by atoms with Crippen LogP contribution in [0.3, 0.4) is 0 Å². The molecule has 0 radical (unpaired) electrons. The van der Waals surface area contributed by atoms with Gasteiger partial charge in [-0.25, -0.2) is 9.97 Å². The largest absolute Gasteiger partial charge is 0.382 e. The summed E-state index contributed by atoms with van der Waals surface area (Å²) in [4.78, 5) is 8.13. The van der Waals surface area contributed by atoms with Gasteiger partial charge in [-0.15, -0.1) is 0 Å². The van der Waals surface area contributed by atoms with Gasteiger partial charge < -0.3 is 5.73 Å². The average molecular weight is 196 g/mol. The van der Waals surface area contributed by atoms with Crippen molar-refractivity contribution in [2.45, 2.75) is 19.8 Å². The molecule has 0 atom stereocenters. The maximum absolute atomic E-state index is 5.74.